The van der Waals surface area contributed by atoms with Crippen LogP contribution < -0.4 is 15.5 Å². The highest BCUT2D eigenvalue weighted by atomic mass is 16.1. The van der Waals surface area contributed by atoms with Crippen molar-refractivity contribution in [1.29, 1.82) is 0 Å². The lowest BCUT2D eigenvalue weighted by Gasteiger charge is -2.28. The van der Waals surface area contributed by atoms with Gasteiger partial charge in [0.05, 0.1) is 12.2 Å². The fourth-order valence-electron chi connectivity index (χ4n) is 3.35. The van der Waals surface area contributed by atoms with Crippen LogP contribution in [0.5, 0.6) is 0 Å². The van der Waals surface area contributed by atoms with E-state index in [9.17, 15) is 4.79 Å². The second-order valence-electron chi connectivity index (χ2n) is 6.99. The molecule has 4 rings (SSSR count). The van der Waals surface area contributed by atoms with Gasteiger partial charge in [0.15, 0.2) is 0 Å². The lowest BCUT2D eigenvalue weighted by molar-refractivity contribution is 0.102. The van der Waals surface area contributed by atoms with E-state index in [0.29, 0.717) is 18.2 Å². The number of hydrogen-bond donors (Lipinski definition) is 2. The number of carbonyl (C=O) groups excluding carboxylic acids is 1. The van der Waals surface area contributed by atoms with E-state index in [1.807, 2.05) is 30.3 Å². The molecule has 1 saturated heterocycles. The summed E-state index contributed by atoms with van der Waals surface area (Å²) in [5.74, 6) is 0.128. The summed E-state index contributed by atoms with van der Waals surface area (Å²) in [6, 6.07) is 15.3. The quantitative estimate of drug-likeness (QED) is 0.670. The zero-order valence-corrected chi connectivity index (χ0v) is 16.2. The first-order valence-corrected chi connectivity index (χ1v) is 9.91. The number of benzene rings is 1. The maximum atomic E-state index is 12.6. The first kappa shape index (κ1) is 18.9. The number of amides is 1. The van der Waals surface area contributed by atoms with Crippen molar-refractivity contribution in [2.45, 2.75) is 25.8 Å². The highest BCUT2D eigenvalue weighted by molar-refractivity contribution is 6.03. The van der Waals surface area contributed by atoms with Gasteiger partial charge in [0.2, 0.25) is 5.95 Å². The van der Waals surface area contributed by atoms with Crippen LogP contribution in [-0.2, 0) is 6.54 Å². The molecule has 0 spiro atoms. The van der Waals surface area contributed by atoms with E-state index < -0.39 is 0 Å². The Morgan fingerprint density at radius 3 is 2.52 bits per heavy atom. The van der Waals surface area contributed by atoms with Crippen molar-refractivity contribution < 1.29 is 4.79 Å². The molecule has 0 saturated carbocycles. The lowest BCUT2D eigenvalue weighted by Crippen LogP contribution is -2.29. The topological polar surface area (TPSA) is 83.0 Å². The van der Waals surface area contributed by atoms with Gasteiger partial charge in [-0.25, -0.2) is 9.97 Å². The van der Waals surface area contributed by atoms with E-state index in [4.69, 9.17) is 0 Å². The zero-order valence-electron chi connectivity index (χ0n) is 16.2. The summed E-state index contributed by atoms with van der Waals surface area (Å²) in [4.78, 5) is 27.7. The molecule has 0 bridgehead atoms. The molecule has 7 nitrogen and oxygen atoms in total. The first-order chi connectivity index (χ1) is 14.3. The molecule has 2 aromatic heterocycles. The smallest absolute Gasteiger partial charge is 0.274 e. The molecule has 1 amide bonds. The van der Waals surface area contributed by atoms with E-state index in [2.05, 4.69) is 42.6 Å². The van der Waals surface area contributed by atoms with Crippen LogP contribution in [0.25, 0.3) is 0 Å². The number of nitrogens with one attached hydrogen (secondary N) is 2. The van der Waals surface area contributed by atoms with E-state index >= 15 is 0 Å². The third-order valence-electron chi connectivity index (χ3n) is 4.89. The summed E-state index contributed by atoms with van der Waals surface area (Å²) >= 11 is 0. The van der Waals surface area contributed by atoms with Crippen molar-refractivity contribution in [3.8, 4) is 0 Å². The minimum atomic E-state index is -0.265. The minimum Gasteiger partial charge on any atom is -0.372 e. The summed E-state index contributed by atoms with van der Waals surface area (Å²) in [6.45, 7) is 2.69. The van der Waals surface area contributed by atoms with Crippen molar-refractivity contribution in [1.82, 2.24) is 15.0 Å². The first-order valence-electron chi connectivity index (χ1n) is 9.91. The predicted molar refractivity (Wildman–Crippen MR) is 114 cm³/mol. The fraction of sp³-hybridized carbons (Fsp3) is 0.273. The SMILES string of the molecule is O=C(Nc1ccc(N2CCCCC2)cc1)c1ccnc(NCc2ccccn2)n1. The summed E-state index contributed by atoms with van der Waals surface area (Å²) < 4.78 is 0. The summed E-state index contributed by atoms with van der Waals surface area (Å²) in [5, 5.41) is 6.00. The molecule has 7 heteroatoms. The number of hydrogen-bond acceptors (Lipinski definition) is 6. The molecular formula is C22H24N6O. The molecule has 0 atom stereocenters. The van der Waals surface area contributed by atoms with E-state index in [1.165, 1.54) is 24.9 Å². The summed E-state index contributed by atoms with van der Waals surface area (Å²) in [7, 11) is 0. The Hall–Kier alpha value is -3.48. The van der Waals surface area contributed by atoms with E-state index in [1.54, 1.807) is 18.5 Å². The number of carbonyl (C=O) groups is 1. The second-order valence-corrected chi connectivity index (χ2v) is 6.99. The number of piperidine rings is 1. The van der Waals surface area contributed by atoms with E-state index in [-0.39, 0.29) is 5.91 Å². The van der Waals surface area contributed by atoms with Gasteiger partial charge in [0.25, 0.3) is 5.91 Å². The van der Waals surface area contributed by atoms with Crippen LogP contribution >= 0.6 is 0 Å². The fourth-order valence-corrected chi connectivity index (χ4v) is 3.35. The number of nitrogens with zero attached hydrogens (tertiary/aromatic N) is 4. The van der Waals surface area contributed by atoms with Crippen molar-refractivity contribution in [2.75, 3.05) is 28.6 Å². The summed E-state index contributed by atoms with van der Waals surface area (Å²) in [6.07, 6.45) is 7.09. The Balaban J connectivity index is 1.36. The highest BCUT2D eigenvalue weighted by Crippen LogP contribution is 2.22. The van der Waals surface area contributed by atoms with Crippen molar-refractivity contribution in [3.63, 3.8) is 0 Å². The van der Waals surface area contributed by atoms with Gasteiger partial charge in [-0.2, -0.15) is 0 Å². The lowest BCUT2D eigenvalue weighted by atomic mass is 10.1. The van der Waals surface area contributed by atoms with Gasteiger partial charge in [0.1, 0.15) is 5.69 Å². The largest absolute Gasteiger partial charge is 0.372 e. The molecule has 3 aromatic rings. The van der Waals surface area contributed by atoms with Crippen LogP contribution in [0.15, 0.2) is 60.9 Å². The average molecular weight is 388 g/mol. The Labute approximate surface area is 170 Å². The Morgan fingerprint density at radius 2 is 1.76 bits per heavy atom. The van der Waals surface area contributed by atoms with Crippen LogP contribution in [0.3, 0.4) is 0 Å². The van der Waals surface area contributed by atoms with Crippen molar-refractivity contribution in [3.05, 3.63) is 72.3 Å². The number of pyridine rings is 1. The average Bonchev–Trinajstić information content (AvgIpc) is 2.80. The third kappa shape index (κ3) is 5.07. The zero-order chi connectivity index (χ0) is 19.9. The number of aromatic nitrogens is 3. The van der Waals surface area contributed by atoms with Gasteiger partial charge in [-0.3, -0.25) is 9.78 Å². The molecule has 0 unspecified atom stereocenters. The molecule has 1 aromatic carbocycles. The van der Waals surface area contributed by atoms with Crippen LogP contribution in [-0.4, -0.2) is 33.9 Å². The van der Waals surface area contributed by atoms with E-state index in [0.717, 1.165) is 24.5 Å². The number of rotatable bonds is 6. The van der Waals surface area contributed by atoms with Crippen molar-refractivity contribution in [2.24, 2.45) is 0 Å². The van der Waals surface area contributed by atoms with Gasteiger partial charge < -0.3 is 15.5 Å². The maximum Gasteiger partial charge on any atom is 0.274 e. The van der Waals surface area contributed by atoms with Crippen LogP contribution in [0.1, 0.15) is 35.4 Å². The maximum absolute atomic E-state index is 12.6. The minimum absolute atomic E-state index is 0.265. The molecular weight excluding hydrogens is 364 g/mol. The Bertz CT molecular complexity index is 939. The van der Waals surface area contributed by atoms with Crippen LogP contribution in [0.4, 0.5) is 17.3 Å². The standard InChI is InChI=1S/C22H24N6O/c29-21(26-17-7-9-19(10-8-17)28-14-4-1-5-15-28)20-11-13-24-22(27-20)25-16-18-6-2-3-12-23-18/h2-3,6-13H,1,4-5,14-16H2,(H,26,29)(H,24,25,27). The molecule has 1 fully saturated rings. The third-order valence-corrected chi connectivity index (χ3v) is 4.89. The van der Waals surface area contributed by atoms with Crippen molar-refractivity contribution >= 4 is 23.2 Å². The van der Waals surface area contributed by atoms with Gasteiger partial charge in [-0.05, 0) is 61.7 Å². The molecule has 29 heavy (non-hydrogen) atoms. The molecule has 2 N–H and O–H groups in total. The Kier molecular flexibility index (Phi) is 5.95. The van der Waals surface area contributed by atoms with Gasteiger partial charge in [-0.1, -0.05) is 6.07 Å². The predicted octanol–water partition coefficient (Wildman–Crippen LogP) is 3.73. The molecule has 148 valence electrons. The van der Waals surface area contributed by atoms with Gasteiger partial charge >= 0.3 is 0 Å². The molecule has 3 heterocycles. The molecule has 0 aliphatic carbocycles. The Morgan fingerprint density at radius 1 is 0.931 bits per heavy atom. The van der Waals surface area contributed by atoms with Crippen LogP contribution in [0, 0.1) is 0 Å². The van der Waals surface area contributed by atoms with Gasteiger partial charge in [0, 0.05) is 36.9 Å². The monoisotopic (exact) mass is 388 g/mol. The highest BCUT2D eigenvalue weighted by Gasteiger charge is 2.12. The summed E-state index contributed by atoms with van der Waals surface area (Å²) in [5.41, 5.74) is 3.13. The normalized spacial score (nSPS) is 13.7. The molecule has 1 aliphatic rings. The second kappa shape index (κ2) is 9.14. The number of anilines is 3. The molecule has 0 radical (unpaired) electrons. The molecule has 1 aliphatic heterocycles. The van der Waals surface area contributed by atoms with Gasteiger partial charge in [-0.15, -0.1) is 0 Å². The van der Waals surface area contributed by atoms with Crippen LogP contribution in [0.2, 0.25) is 0 Å².